The summed E-state index contributed by atoms with van der Waals surface area (Å²) in [4.78, 5) is 8.42. The summed E-state index contributed by atoms with van der Waals surface area (Å²) in [6, 6.07) is 4.08. The molecule has 1 aliphatic rings. The van der Waals surface area contributed by atoms with Crippen molar-refractivity contribution in [3.05, 3.63) is 37.1 Å². The highest BCUT2D eigenvalue weighted by atomic mass is 15.1. The first-order valence-corrected chi connectivity index (χ1v) is 6.44. The number of piperidine rings is 1. The minimum absolute atomic E-state index is 0.167. The van der Waals surface area contributed by atoms with E-state index in [1.807, 2.05) is 37.1 Å². The maximum atomic E-state index is 4.34. The van der Waals surface area contributed by atoms with Crippen molar-refractivity contribution in [2.45, 2.75) is 25.3 Å². The summed E-state index contributed by atoms with van der Waals surface area (Å²) in [5.41, 5.74) is 2.53. The van der Waals surface area contributed by atoms with Gasteiger partial charge in [-0.2, -0.15) is 0 Å². The van der Waals surface area contributed by atoms with Crippen LogP contribution in [0.4, 0.5) is 0 Å². The highest BCUT2D eigenvalue weighted by molar-refractivity contribution is 5.58. The third kappa shape index (κ3) is 1.93. The molecule has 0 amide bonds. The first kappa shape index (κ1) is 11.4. The molecule has 94 valence electrons. The Morgan fingerprint density at radius 2 is 1.89 bits per heavy atom. The van der Waals surface area contributed by atoms with Crippen LogP contribution in [0.25, 0.3) is 11.3 Å². The predicted octanol–water partition coefficient (Wildman–Crippen LogP) is 2.04. The number of imidazole rings is 1. The van der Waals surface area contributed by atoms with Crippen molar-refractivity contribution in [1.82, 2.24) is 19.9 Å². The van der Waals surface area contributed by atoms with E-state index in [0.29, 0.717) is 0 Å². The molecule has 0 aliphatic carbocycles. The van der Waals surface area contributed by atoms with Crippen molar-refractivity contribution in [2.75, 3.05) is 13.1 Å². The fourth-order valence-corrected chi connectivity index (χ4v) is 2.67. The zero-order valence-electron chi connectivity index (χ0n) is 10.6. The lowest BCUT2D eigenvalue weighted by molar-refractivity contribution is 0.233. The Hall–Kier alpha value is -1.68. The van der Waals surface area contributed by atoms with E-state index in [2.05, 4.69) is 26.8 Å². The largest absolute Gasteiger partial charge is 0.325 e. The topological polar surface area (TPSA) is 42.7 Å². The predicted molar refractivity (Wildman–Crippen MR) is 71.2 cm³/mol. The third-order valence-corrected chi connectivity index (χ3v) is 3.88. The summed E-state index contributed by atoms with van der Waals surface area (Å²) >= 11 is 0. The van der Waals surface area contributed by atoms with Crippen LogP contribution in [-0.2, 0) is 5.54 Å². The number of hydrogen-bond donors (Lipinski definition) is 1. The highest BCUT2D eigenvalue weighted by Crippen LogP contribution is 2.31. The lowest BCUT2D eigenvalue weighted by atomic mass is 9.89. The molecule has 4 heteroatoms. The second-order valence-electron chi connectivity index (χ2n) is 5.13. The van der Waals surface area contributed by atoms with E-state index < -0.39 is 0 Å². The van der Waals surface area contributed by atoms with Gasteiger partial charge in [0.1, 0.15) is 0 Å². The maximum absolute atomic E-state index is 4.34. The van der Waals surface area contributed by atoms with Crippen LogP contribution in [0.15, 0.2) is 37.1 Å². The first-order chi connectivity index (χ1) is 8.80. The average molecular weight is 242 g/mol. The zero-order chi connectivity index (χ0) is 12.4. The molecule has 2 aromatic heterocycles. The van der Waals surface area contributed by atoms with Crippen molar-refractivity contribution in [2.24, 2.45) is 0 Å². The third-order valence-electron chi connectivity index (χ3n) is 3.88. The summed E-state index contributed by atoms with van der Waals surface area (Å²) in [6.45, 7) is 4.47. The number of pyridine rings is 1. The van der Waals surface area contributed by atoms with E-state index in [9.17, 15) is 0 Å². The quantitative estimate of drug-likeness (QED) is 0.876. The molecule has 0 unspecified atom stereocenters. The number of nitrogens with zero attached hydrogens (tertiary/aromatic N) is 3. The van der Waals surface area contributed by atoms with Gasteiger partial charge < -0.3 is 9.88 Å². The van der Waals surface area contributed by atoms with Crippen molar-refractivity contribution in [1.29, 1.82) is 0 Å². The molecule has 1 N–H and O–H groups in total. The van der Waals surface area contributed by atoms with Crippen molar-refractivity contribution in [3.8, 4) is 11.3 Å². The van der Waals surface area contributed by atoms with Gasteiger partial charge in [0.2, 0.25) is 0 Å². The molecule has 3 rings (SSSR count). The SMILES string of the molecule is CC1(n2cncc2-c2ccncc2)CCNCC1. The van der Waals surface area contributed by atoms with E-state index in [4.69, 9.17) is 0 Å². The average Bonchev–Trinajstić information content (AvgIpc) is 2.91. The standard InChI is InChI=1S/C14H18N4/c1-14(4-8-16-9-5-14)18-11-17-10-13(18)12-2-6-15-7-3-12/h2-3,6-7,10-11,16H,4-5,8-9H2,1H3. The number of aromatic nitrogens is 3. The van der Waals surface area contributed by atoms with Crippen LogP contribution >= 0.6 is 0 Å². The van der Waals surface area contributed by atoms with Crippen LogP contribution in [0.5, 0.6) is 0 Å². The van der Waals surface area contributed by atoms with E-state index in [1.165, 1.54) is 11.3 Å². The van der Waals surface area contributed by atoms with Gasteiger partial charge in [0, 0.05) is 23.5 Å². The minimum Gasteiger partial charge on any atom is -0.325 e. The highest BCUT2D eigenvalue weighted by Gasteiger charge is 2.30. The molecule has 18 heavy (non-hydrogen) atoms. The molecule has 1 fully saturated rings. The fraction of sp³-hybridized carbons (Fsp3) is 0.429. The second kappa shape index (κ2) is 4.53. The molecule has 0 saturated carbocycles. The molecule has 1 saturated heterocycles. The molecular formula is C14H18N4. The maximum Gasteiger partial charge on any atom is 0.0956 e. The minimum atomic E-state index is 0.167. The molecule has 0 bridgehead atoms. The van der Waals surface area contributed by atoms with E-state index in [-0.39, 0.29) is 5.54 Å². The van der Waals surface area contributed by atoms with Crippen molar-refractivity contribution >= 4 is 0 Å². The van der Waals surface area contributed by atoms with Crippen LogP contribution in [-0.4, -0.2) is 27.6 Å². The van der Waals surface area contributed by atoms with Gasteiger partial charge in [0.15, 0.2) is 0 Å². The summed E-state index contributed by atoms with van der Waals surface area (Å²) in [5, 5.41) is 3.42. The summed E-state index contributed by atoms with van der Waals surface area (Å²) in [5.74, 6) is 0. The van der Waals surface area contributed by atoms with Crippen molar-refractivity contribution in [3.63, 3.8) is 0 Å². The fourth-order valence-electron chi connectivity index (χ4n) is 2.67. The van der Waals surface area contributed by atoms with Gasteiger partial charge in [0.25, 0.3) is 0 Å². The Morgan fingerprint density at radius 1 is 1.17 bits per heavy atom. The summed E-state index contributed by atoms with van der Waals surface area (Å²) < 4.78 is 2.32. The molecule has 3 heterocycles. The van der Waals surface area contributed by atoms with E-state index >= 15 is 0 Å². The molecule has 0 spiro atoms. The van der Waals surface area contributed by atoms with Gasteiger partial charge in [-0.1, -0.05) is 0 Å². The Kier molecular flexibility index (Phi) is 2.88. The summed E-state index contributed by atoms with van der Waals surface area (Å²) in [7, 11) is 0. The lowest BCUT2D eigenvalue weighted by Crippen LogP contribution is -2.41. The van der Waals surface area contributed by atoms with Gasteiger partial charge in [-0.05, 0) is 45.0 Å². The van der Waals surface area contributed by atoms with E-state index in [1.54, 1.807) is 0 Å². The van der Waals surface area contributed by atoms with Crippen LogP contribution in [0, 0.1) is 0 Å². The summed E-state index contributed by atoms with van der Waals surface area (Å²) in [6.07, 6.45) is 9.85. The van der Waals surface area contributed by atoms with Crippen LogP contribution in [0.3, 0.4) is 0 Å². The normalized spacial score (nSPS) is 18.7. The van der Waals surface area contributed by atoms with Gasteiger partial charge in [-0.15, -0.1) is 0 Å². The molecular weight excluding hydrogens is 224 g/mol. The van der Waals surface area contributed by atoms with E-state index in [0.717, 1.165) is 25.9 Å². The molecule has 2 aromatic rings. The molecule has 0 aromatic carbocycles. The number of nitrogens with one attached hydrogen (secondary N) is 1. The van der Waals surface area contributed by atoms with Crippen molar-refractivity contribution < 1.29 is 0 Å². The number of hydrogen-bond acceptors (Lipinski definition) is 3. The molecule has 0 radical (unpaired) electrons. The molecule has 1 aliphatic heterocycles. The van der Waals surface area contributed by atoms with Gasteiger partial charge in [0.05, 0.1) is 18.2 Å². The second-order valence-corrected chi connectivity index (χ2v) is 5.13. The van der Waals surface area contributed by atoms with Crippen LogP contribution < -0.4 is 5.32 Å². The Morgan fingerprint density at radius 3 is 2.61 bits per heavy atom. The Labute approximate surface area is 107 Å². The Balaban J connectivity index is 2.01. The van der Waals surface area contributed by atoms with Gasteiger partial charge >= 0.3 is 0 Å². The molecule has 0 atom stereocenters. The smallest absolute Gasteiger partial charge is 0.0956 e. The number of rotatable bonds is 2. The zero-order valence-corrected chi connectivity index (χ0v) is 10.6. The lowest BCUT2D eigenvalue weighted by Gasteiger charge is -2.36. The first-order valence-electron chi connectivity index (χ1n) is 6.44. The van der Waals surface area contributed by atoms with Gasteiger partial charge in [-0.25, -0.2) is 4.98 Å². The Bertz CT molecular complexity index is 512. The van der Waals surface area contributed by atoms with Crippen LogP contribution in [0.2, 0.25) is 0 Å². The molecule has 4 nitrogen and oxygen atoms in total. The monoisotopic (exact) mass is 242 g/mol. The van der Waals surface area contributed by atoms with Gasteiger partial charge in [-0.3, -0.25) is 4.98 Å². The van der Waals surface area contributed by atoms with Crippen LogP contribution in [0.1, 0.15) is 19.8 Å².